The maximum absolute atomic E-state index is 8.63. The van der Waals surface area contributed by atoms with Gasteiger partial charge in [0.1, 0.15) is 34.5 Å². The van der Waals surface area contributed by atoms with E-state index >= 15 is 0 Å². The number of aromatic hydroxyl groups is 6. The molecule has 0 unspecified atom stereocenters. The summed E-state index contributed by atoms with van der Waals surface area (Å²) in [7, 11) is 0. The van der Waals surface area contributed by atoms with Crippen molar-refractivity contribution in [2.24, 2.45) is 0 Å². The highest BCUT2D eigenvalue weighted by atomic mass is 16.3. The molecule has 0 heterocycles. The molecule has 6 N–H and O–H groups in total. The lowest BCUT2D eigenvalue weighted by Gasteiger charge is -2.04. The molecule has 0 spiro atoms. The minimum absolute atomic E-state index is 0.322. The molecule has 0 aromatic heterocycles. The van der Waals surface area contributed by atoms with Crippen LogP contribution in [0, 0.1) is 0 Å². The van der Waals surface area contributed by atoms with E-state index in [0.717, 1.165) is 51.4 Å². The molecular weight excluding hydrogens is 1150 g/mol. The van der Waals surface area contributed by atoms with Crippen molar-refractivity contribution in [3.63, 3.8) is 0 Å². The Kier molecular flexibility index (Phi) is 40.6. The van der Waals surface area contributed by atoms with Crippen LogP contribution < -0.4 is 0 Å². The average molecular weight is 1250 g/mol. The molecule has 12 rings (SSSR count). The van der Waals surface area contributed by atoms with Crippen LogP contribution in [0.3, 0.4) is 0 Å². The molecule has 0 atom stereocenters. The number of rotatable bonds is 10. The molecular formula is C88H100O6. The van der Waals surface area contributed by atoms with Crippen molar-refractivity contribution in [3.05, 3.63) is 372 Å². The van der Waals surface area contributed by atoms with Gasteiger partial charge in [-0.2, -0.15) is 0 Å². The Hall–Kier alpha value is -10.6. The van der Waals surface area contributed by atoms with E-state index in [1.165, 1.54) is 66.8 Å². The topological polar surface area (TPSA) is 121 Å². The Morgan fingerprint density at radius 3 is 0.309 bits per heavy atom. The van der Waals surface area contributed by atoms with Gasteiger partial charge in [0, 0.05) is 0 Å². The van der Waals surface area contributed by atoms with Crippen molar-refractivity contribution in [1.82, 2.24) is 0 Å². The van der Waals surface area contributed by atoms with Gasteiger partial charge in [-0.05, 0) is 191 Å². The van der Waals surface area contributed by atoms with E-state index in [0.29, 0.717) is 34.5 Å². The second-order valence-electron chi connectivity index (χ2n) is 21.3. The summed E-state index contributed by atoms with van der Waals surface area (Å²) in [6.07, 6.45) is 9.00. The van der Waals surface area contributed by atoms with Crippen LogP contribution in [-0.2, 0) is 51.4 Å². The van der Waals surface area contributed by atoms with Crippen LogP contribution in [0.4, 0.5) is 0 Å². The summed E-state index contributed by atoms with van der Waals surface area (Å²) in [4.78, 5) is 0. The van der Waals surface area contributed by atoms with Gasteiger partial charge in [-0.1, -0.05) is 310 Å². The molecule has 0 amide bonds. The second-order valence-corrected chi connectivity index (χ2v) is 21.3. The summed E-state index contributed by atoms with van der Waals surface area (Å²) >= 11 is 0. The number of phenolic OH excluding ortho intramolecular Hbond substituents is 6. The van der Waals surface area contributed by atoms with Gasteiger partial charge in [0.05, 0.1) is 0 Å². The third kappa shape index (κ3) is 35.7. The molecule has 0 bridgehead atoms. The zero-order chi connectivity index (χ0) is 68.2. The lowest BCUT2D eigenvalue weighted by molar-refractivity contribution is 0.475. The summed E-state index contributed by atoms with van der Waals surface area (Å²) in [6.45, 7) is 17.5. The van der Waals surface area contributed by atoms with Crippen molar-refractivity contribution in [3.8, 4) is 56.8 Å². The molecule has 0 radical (unpaired) electrons. The molecule has 0 aliphatic heterocycles. The largest absolute Gasteiger partial charge is 0.508 e. The van der Waals surface area contributed by atoms with E-state index in [1.54, 1.807) is 146 Å². The second kappa shape index (κ2) is 49.2. The van der Waals surface area contributed by atoms with E-state index in [1.807, 2.05) is 36.4 Å². The number of benzene rings is 12. The Morgan fingerprint density at radius 1 is 0.138 bits per heavy atom. The van der Waals surface area contributed by atoms with Crippen molar-refractivity contribution >= 4 is 0 Å². The van der Waals surface area contributed by atoms with Gasteiger partial charge in [0.15, 0.2) is 0 Å². The smallest absolute Gasteiger partial charge is 0.115 e. The fourth-order valence-electron chi connectivity index (χ4n) is 8.32. The molecule has 94 heavy (non-hydrogen) atoms. The summed E-state index contributed by atoms with van der Waals surface area (Å²) in [5, 5.41) is 51.8. The van der Waals surface area contributed by atoms with Crippen LogP contribution in [-0.4, -0.2) is 30.6 Å². The average Bonchev–Trinajstić information content (AvgIpc) is 1.07. The third-order valence-electron chi connectivity index (χ3n) is 14.3. The maximum atomic E-state index is 8.63. The minimum Gasteiger partial charge on any atom is -0.508 e. The van der Waals surface area contributed by atoms with Crippen LogP contribution in [0.5, 0.6) is 34.5 Å². The molecule has 0 saturated carbocycles. The van der Waals surface area contributed by atoms with Gasteiger partial charge in [0.2, 0.25) is 0 Å². The predicted octanol–water partition coefficient (Wildman–Crippen LogP) is 22.9. The fraction of sp³-hybridized carbons (Fsp3) is 0.182. The highest BCUT2D eigenvalue weighted by Crippen LogP contribution is 2.22. The standard InChI is InChI=1S/2C16H18.2C10H14.6C6H6O/c2*1-3-13-5-9-15(10-6-13)16-11-7-14(4-2)8-12-16;2*1-3-9-5-7-10(4-2)8-6-9;6*7-6-4-2-1-3-5-6/h2*5-12H,3-4H2,1-2H3;2*5-8H,3-4H2,1-2H3;6*1-5,7H. The lowest BCUT2D eigenvalue weighted by atomic mass is 10.0. The molecule has 12 aromatic carbocycles. The zero-order valence-corrected chi connectivity index (χ0v) is 56.5. The van der Waals surface area contributed by atoms with Crippen LogP contribution in [0.15, 0.2) is 328 Å². The lowest BCUT2D eigenvalue weighted by Crippen LogP contribution is -1.83. The van der Waals surface area contributed by atoms with Crippen molar-refractivity contribution in [2.75, 3.05) is 0 Å². The molecule has 0 saturated heterocycles. The SMILES string of the molecule is CCc1ccc(-c2ccc(CC)cc2)cc1.CCc1ccc(-c2ccc(CC)cc2)cc1.CCc1ccc(CC)cc1.CCc1ccc(CC)cc1.Oc1ccccc1.Oc1ccccc1.Oc1ccccc1.Oc1ccccc1.Oc1ccccc1.Oc1ccccc1. The highest BCUT2D eigenvalue weighted by molar-refractivity contribution is 5.65. The Morgan fingerprint density at radius 2 is 0.234 bits per heavy atom. The number of aryl methyl sites for hydroxylation is 8. The van der Waals surface area contributed by atoms with E-state index < -0.39 is 0 Å². The molecule has 6 nitrogen and oxygen atoms in total. The Bertz CT molecular complexity index is 3100. The maximum Gasteiger partial charge on any atom is 0.115 e. The minimum atomic E-state index is 0.322. The van der Waals surface area contributed by atoms with Gasteiger partial charge in [-0.25, -0.2) is 0 Å². The zero-order valence-electron chi connectivity index (χ0n) is 56.5. The predicted molar refractivity (Wildman–Crippen MR) is 400 cm³/mol. The summed E-state index contributed by atoms with van der Waals surface area (Å²) in [5.74, 6) is 1.93. The highest BCUT2D eigenvalue weighted by Gasteiger charge is 2.00. The first-order chi connectivity index (χ1) is 45.8. The first kappa shape index (κ1) is 77.7. The Balaban J connectivity index is 0.000000278. The van der Waals surface area contributed by atoms with Gasteiger partial charge < -0.3 is 30.6 Å². The quantitative estimate of drug-likeness (QED) is 0.0811. The molecule has 0 aliphatic carbocycles. The van der Waals surface area contributed by atoms with Gasteiger partial charge in [0.25, 0.3) is 0 Å². The Labute approximate surface area is 563 Å². The molecule has 0 aliphatic rings. The molecule has 488 valence electrons. The van der Waals surface area contributed by atoms with E-state index in [-0.39, 0.29) is 0 Å². The first-order valence-electron chi connectivity index (χ1n) is 32.7. The van der Waals surface area contributed by atoms with Crippen LogP contribution in [0.2, 0.25) is 0 Å². The summed E-state index contributed by atoms with van der Waals surface area (Å²) < 4.78 is 0. The first-order valence-corrected chi connectivity index (χ1v) is 32.7. The monoisotopic (exact) mass is 1250 g/mol. The van der Waals surface area contributed by atoms with Crippen LogP contribution in [0.1, 0.15) is 99.9 Å². The number of hydrogen-bond donors (Lipinski definition) is 6. The summed E-state index contributed by atoms with van der Waals surface area (Å²) in [6, 6.07) is 105. The third-order valence-corrected chi connectivity index (χ3v) is 14.3. The van der Waals surface area contributed by atoms with Gasteiger partial charge in [-0.15, -0.1) is 0 Å². The van der Waals surface area contributed by atoms with E-state index in [4.69, 9.17) is 30.6 Å². The van der Waals surface area contributed by atoms with Crippen LogP contribution >= 0.6 is 0 Å². The fourth-order valence-corrected chi connectivity index (χ4v) is 8.32. The number of para-hydroxylation sites is 6. The van der Waals surface area contributed by atoms with Crippen molar-refractivity contribution in [1.29, 1.82) is 0 Å². The molecule has 6 heteroatoms. The van der Waals surface area contributed by atoms with E-state index in [9.17, 15) is 0 Å². The van der Waals surface area contributed by atoms with Crippen molar-refractivity contribution in [2.45, 2.75) is 107 Å². The van der Waals surface area contributed by atoms with Gasteiger partial charge >= 0.3 is 0 Å². The van der Waals surface area contributed by atoms with Gasteiger partial charge in [-0.3, -0.25) is 0 Å². The molecule has 0 fully saturated rings. The normalized spacial score (nSPS) is 9.45. The van der Waals surface area contributed by atoms with E-state index in [2.05, 4.69) is 201 Å². The molecule has 12 aromatic rings. The number of phenols is 6. The van der Waals surface area contributed by atoms with Crippen molar-refractivity contribution < 1.29 is 30.6 Å². The summed E-state index contributed by atoms with van der Waals surface area (Å²) in [5.41, 5.74) is 16.5. The number of hydrogen-bond acceptors (Lipinski definition) is 6. The van der Waals surface area contributed by atoms with Crippen LogP contribution in [0.25, 0.3) is 22.3 Å².